The Labute approximate surface area is 176 Å². The fraction of sp³-hybridized carbons (Fsp3) is 0.250. The number of nitrogens with one attached hydrogen (secondary N) is 1. The first-order valence-corrected chi connectivity index (χ1v) is 10.2. The molecule has 0 aliphatic rings. The highest BCUT2D eigenvalue weighted by Crippen LogP contribution is 2.28. The smallest absolute Gasteiger partial charge is 0.235 e. The van der Waals surface area contributed by atoms with Gasteiger partial charge in [-0.3, -0.25) is 9.48 Å². The monoisotopic (exact) mass is 421 g/mol. The Bertz CT molecular complexity index is 1260. The summed E-state index contributed by atoms with van der Waals surface area (Å²) in [6, 6.07) is 5.87. The summed E-state index contributed by atoms with van der Waals surface area (Å²) in [4.78, 5) is 21.2. The van der Waals surface area contributed by atoms with Crippen molar-refractivity contribution in [1.82, 2.24) is 24.3 Å². The number of nitriles is 1. The van der Waals surface area contributed by atoms with Gasteiger partial charge in [-0.15, -0.1) is 0 Å². The molecule has 4 aromatic heterocycles. The molecule has 10 heteroatoms. The first-order valence-electron chi connectivity index (χ1n) is 9.17. The molecule has 0 fully saturated rings. The average Bonchev–Trinajstić information content (AvgIpc) is 3.44. The number of furan rings is 1. The number of anilines is 1. The van der Waals surface area contributed by atoms with Gasteiger partial charge in [0.1, 0.15) is 29.0 Å². The van der Waals surface area contributed by atoms with E-state index in [1.54, 1.807) is 24.2 Å². The Balaban J connectivity index is 1.55. The van der Waals surface area contributed by atoms with Crippen molar-refractivity contribution < 1.29 is 9.21 Å². The van der Waals surface area contributed by atoms with E-state index in [4.69, 9.17) is 4.42 Å². The molecular weight excluding hydrogens is 402 g/mol. The molecule has 0 atom stereocenters. The van der Waals surface area contributed by atoms with Gasteiger partial charge in [0, 0.05) is 12.7 Å². The SMILES string of the molecule is Cc1c(C#N)c(NC(=O)CSc2ncnc3c2cnn3C)n(Cc2ccco2)c1C. The minimum absolute atomic E-state index is 0.135. The van der Waals surface area contributed by atoms with Crippen LogP contribution in [-0.4, -0.2) is 36.0 Å². The molecule has 152 valence electrons. The normalized spacial score (nSPS) is 11.0. The number of hydrogen-bond donors (Lipinski definition) is 1. The zero-order valence-electron chi connectivity index (χ0n) is 16.7. The predicted octanol–water partition coefficient (Wildman–Crippen LogP) is 3.03. The number of hydrogen-bond acceptors (Lipinski definition) is 7. The lowest BCUT2D eigenvalue weighted by Crippen LogP contribution is -2.18. The van der Waals surface area contributed by atoms with Gasteiger partial charge in [0.05, 0.1) is 35.7 Å². The quantitative estimate of drug-likeness (QED) is 0.376. The van der Waals surface area contributed by atoms with Gasteiger partial charge in [0.15, 0.2) is 5.65 Å². The molecule has 4 rings (SSSR count). The predicted molar refractivity (Wildman–Crippen MR) is 112 cm³/mol. The second-order valence-corrected chi connectivity index (χ2v) is 7.70. The van der Waals surface area contributed by atoms with Crippen molar-refractivity contribution in [2.75, 3.05) is 11.1 Å². The fourth-order valence-electron chi connectivity index (χ4n) is 3.24. The third kappa shape index (κ3) is 3.55. The van der Waals surface area contributed by atoms with Crippen LogP contribution in [-0.2, 0) is 18.4 Å². The lowest BCUT2D eigenvalue weighted by molar-refractivity contribution is -0.113. The molecule has 9 nitrogen and oxygen atoms in total. The maximum absolute atomic E-state index is 12.7. The van der Waals surface area contributed by atoms with Gasteiger partial charge in [-0.05, 0) is 31.5 Å². The average molecular weight is 421 g/mol. The summed E-state index contributed by atoms with van der Waals surface area (Å²) in [5.41, 5.74) is 2.89. The number of carbonyl (C=O) groups is 1. The van der Waals surface area contributed by atoms with Gasteiger partial charge in [-0.1, -0.05) is 11.8 Å². The molecular formula is C20H19N7O2S. The number of amides is 1. The topological polar surface area (TPSA) is 115 Å². The van der Waals surface area contributed by atoms with Gasteiger partial charge in [-0.25, -0.2) is 9.97 Å². The highest BCUT2D eigenvalue weighted by Gasteiger charge is 2.21. The van der Waals surface area contributed by atoms with Crippen molar-refractivity contribution in [3.8, 4) is 6.07 Å². The van der Waals surface area contributed by atoms with Crippen LogP contribution >= 0.6 is 11.8 Å². The van der Waals surface area contributed by atoms with E-state index in [2.05, 4.69) is 26.5 Å². The summed E-state index contributed by atoms with van der Waals surface area (Å²) in [7, 11) is 1.80. The van der Waals surface area contributed by atoms with Crippen molar-refractivity contribution in [3.63, 3.8) is 0 Å². The van der Waals surface area contributed by atoms with Crippen LogP contribution in [0.2, 0.25) is 0 Å². The lowest BCUT2D eigenvalue weighted by atomic mass is 10.2. The van der Waals surface area contributed by atoms with Gasteiger partial charge in [0.25, 0.3) is 0 Å². The Morgan fingerprint density at radius 3 is 2.93 bits per heavy atom. The third-order valence-electron chi connectivity index (χ3n) is 4.93. The highest BCUT2D eigenvalue weighted by atomic mass is 32.2. The number of nitrogens with zero attached hydrogens (tertiary/aromatic N) is 6. The van der Waals surface area contributed by atoms with Gasteiger partial charge in [0.2, 0.25) is 5.91 Å². The van der Waals surface area contributed by atoms with Crippen LogP contribution in [0.25, 0.3) is 11.0 Å². The van der Waals surface area contributed by atoms with E-state index in [1.165, 1.54) is 18.1 Å². The standard InChI is InChI=1S/C20H19N7O2S/c1-12-13(2)27(9-14-5-4-6-29-14)19(15(12)7-21)25-17(28)10-30-20-16-8-24-26(3)18(16)22-11-23-20/h4-6,8,11H,9-10H2,1-3H3,(H,25,28). The van der Waals surface area contributed by atoms with Crippen LogP contribution in [0.15, 0.2) is 40.4 Å². The van der Waals surface area contributed by atoms with E-state index in [0.717, 1.165) is 22.4 Å². The number of rotatable bonds is 6. The summed E-state index contributed by atoms with van der Waals surface area (Å²) in [5.74, 6) is 1.12. The van der Waals surface area contributed by atoms with E-state index < -0.39 is 0 Å². The summed E-state index contributed by atoms with van der Waals surface area (Å²) in [5, 5.41) is 18.2. The van der Waals surface area contributed by atoms with Crippen LogP contribution in [0, 0.1) is 25.2 Å². The number of carbonyl (C=O) groups excluding carboxylic acids is 1. The Morgan fingerprint density at radius 1 is 1.37 bits per heavy atom. The first-order chi connectivity index (χ1) is 14.5. The van der Waals surface area contributed by atoms with Crippen LogP contribution in [0.4, 0.5) is 5.82 Å². The Morgan fingerprint density at radius 2 is 2.20 bits per heavy atom. The van der Waals surface area contributed by atoms with Crippen molar-refractivity contribution in [1.29, 1.82) is 5.26 Å². The van der Waals surface area contributed by atoms with Crippen molar-refractivity contribution in [2.24, 2.45) is 7.05 Å². The maximum atomic E-state index is 12.7. The van der Waals surface area contributed by atoms with Crippen molar-refractivity contribution in [2.45, 2.75) is 25.4 Å². The molecule has 0 aromatic carbocycles. The second-order valence-electron chi connectivity index (χ2n) is 6.73. The molecule has 4 aromatic rings. The van der Waals surface area contributed by atoms with Crippen LogP contribution < -0.4 is 5.32 Å². The first kappa shape index (κ1) is 19.7. The van der Waals surface area contributed by atoms with Gasteiger partial charge >= 0.3 is 0 Å². The molecule has 1 amide bonds. The summed E-state index contributed by atoms with van der Waals surface area (Å²) < 4.78 is 8.99. The Kier molecular flexibility index (Phi) is 5.29. The minimum atomic E-state index is -0.231. The molecule has 0 spiro atoms. The largest absolute Gasteiger partial charge is 0.467 e. The van der Waals surface area contributed by atoms with Crippen LogP contribution in [0.5, 0.6) is 0 Å². The van der Waals surface area contributed by atoms with E-state index >= 15 is 0 Å². The number of fused-ring (bicyclic) bond motifs is 1. The van der Waals surface area contributed by atoms with Crippen LogP contribution in [0.1, 0.15) is 22.6 Å². The number of thioether (sulfide) groups is 1. The molecule has 0 saturated carbocycles. The molecule has 4 heterocycles. The molecule has 0 aliphatic carbocycles. The molecule has 0 radical (unpaired) electrons. The lowest BCUT2D eigenvalue weighted by Gasteiger charge is -2.12. The fourth-order valence-corrected chi connectivity index (χ4v) is 4.01. The summed E-state index contributed by atoms with van der Waals surface area (Å²) >= 11 is 1.30. The summed E-state index contributed by atoms with van der Waals surface area (Å²) in [6.45, 7) is 4.22. The zero-order valence-corrected chi connectivity index (χ0v) is 17.5. The van der Waals surface area contributed by atoms with Gasteiger partial charge in [-0.2, -0.15) is 10.4 Å². The minimum Gasteiger partial charge on any atom is -0.467 e. The second kappa shape index (κ2) is 8.04. The van der Waals surface area contributed by atoms with E-state index in [0.29, 0.717) is 28.6 Å². The molecule has 30 heavy (non-hydrogen) atoms. The zero-order chi connectivity index (χ0) is 21.3. The van der Waals surface area contributed by atoms with Gasteiger partial charge < -0.3 is 14.3 Å². The maximum Gasteiger partial charge on any atom is 0.235 e. The number of aromatic nitrogens is 5. The highest BCUT2D eigenvalue weighted by molar-refractivity contribution is 8.00. The molecule has 0 saturated heterocycles. The molecule has 1 N–H and O–H groups in total. The molecule has 0 aliphatic heterocycles. The molecule has 0 bridgehead atoms. The third-order valence-corrected chi connectivity index (χ3v) is 5.93. The van der Waals surface area contributed by atoms with E-state index in [1.807, 2.05) is 30.5 Å². The van der Waals surface area contributed by atoms with E-state index in [9.17, 15) is 10.1 Å². The Hall–Kier alpha value is -3.58. The van der Waals surface area contributed by atoms with Crippen molar-refractivity contribution in [3.05, 3.63) is 53.5 Å². The number of aryl methyl sites for hydroxylation is 1. The van der Waals surface area contributed by atoms with Crippen molar-refractivity contribution >= 4 is 34.5 Å². The van der Waals surface area contributed by atoms with Crippen LogP contribution in [0.3, 0.4) is 0 Å². The molecule has 0 unspecified atom stereocenters. The summed E-state index contributed by atoms with van der Waals surface area (Å²) in [6.07, 6.45) is 4.74. The van der Waals surface area contributed by atoms with E-state index in [-0.39, 0.29) is 11.7 Å².